The zero-order valence-corrected chi connectivity index (χ0v) is 17.8. The van der Waals surface area contributed by atoms with Crippen LogP contribution in [0.15, 0.2) is 18.5 Å². The van der Waals surface area contributed by atoms with Gasteiger partial charge in [0, 0.05) is 25.9 Å². The van der Waals surface area contributed by atoms with E-state index in [-0.39, 0.29) is 18.9 Å². The van der Waals surface area contributed by atoms with Crippen LogP contribution < -0.4 is 10.6 Å². The third-order valence-corrected chi connectivity index (χ3v) is 5.76. The molecule has 5 rings (SSSR count). The first-order valence-electron chi connectivity index (χ1n) is 10.7. The van der Waals surface area contributed by atoms with Crippen LogP contribution in [0, 0.1) is 0 Å². The monoisotopic (exact) mass is 429 g/mol. The molecular formula is C21H28FN7O2. The molecule has 3 N–H and O–H groups in total. The smallest absolute Gasteiger partial charge is 0.160 e. The number of pyridine rings is 1. The van der Waals surface area contributed by atoms with Gasteiger partial charge in [-0.1, -0.05) is 0 Å². The molecule has 9 nitrogen and oxygen atoms in total. The van der Waals surface area contributed by atoms with Gasteiger partial charge in [0.2, 0.25) is 0 Å². The second kappa shape index (κ2) is 7.45. The Morgan fingerprint density at radius 2 is 2.10 bits per heavy atom. The van der Waals surface area contributed by atoms with Gasteiger partial charge in [0.05, 0.1) is 41.1 Å². The average molecular weight is 430 g/mol. The Balaban J connectivity index is 1.54. The van der Waals surface area contributed by atoms with Crippen LogP contribution in [0.25, 0.3) is 22.3 Å². The summed E-state index contributed by atoms with van der Waals surface area (Å²) in [5.74, 6) is 0.706. The number of nitrogen functional groups attached to an aromatic ring is 1. The largest absolute Gasteiger partial charge is 0.396 e. The summed E-state index contributed by atoms with van der Waals surface area (Å²) in [5.41, 5.74) is 7.28. The zero-order chi connectivity index (χ0) is 21.8. The number of β-amino-alcohol motifs (C(OH)–C–C–N with tert-alkyl or cyclic N) is 1. The van der Waals surface area contributed by atoms with Gasteiger partial charge in [-0.15, -0.1) is 0 Å². The first-order chi connectivity index (χ1) is 14.8. The lowest BCUT2D eigenvalue weighted by molar-refractivity contribution is -0.0393. The fraction of sp³-hybridized carbons (Fsp3) is 0.571. The van der Waals surface area contributed by atoms with E-state index in [0.717, 1.165) is 36.8 Å². The Morgan fingerprint density at radius 1 is 1.29 bits per heavy atom. The number of nitrogens with two attached hydrogens (primary N) is 1. The minimum absolute atomic E-state index is 0.100. The highest BCUT2D eigenvalue weighted by Crippen LogP contribution is 2.34. The highest BCUT2D eigenvalue weighted by molar-refractivity contribution is 5.93. The van der Waals surface area contributed by atoms with E-state index >= 15 is 0 Å². The standard InChI is InChI=1S/C21H28FN7O2/c1-21(2,22)12-29-17-7-16(24-8-14(17)20(26-29)27-9-13(30)10-27)19-15(23)11-28(25-19)18-5-3-4-6-31-18/h7-8,11,13,18,30H,3-6,9-10,12,23H2,1-2H3. The molecule has 2 fully saturated rings. The summed E-state index contributed by atoms with van der Waals surface area (Å²) >= 11 is 0. The molecule has 166 valence electrons. The molecule has 1 atom stereocenters. The quantitative estimate of drug-likeness (QED) is 0.642. The van der Waals surface area contributed by atoms with E-state index in [1.165, 1.54) is 13.8 Å². The number of hydrogen-bond acceptors (Lipinski definition) is 7. The van der Waals surface area contributed by atoms with E-state index in [0.29, 0.717) is 36.0 Å². The van der Waals surface area contributed by atoms with E-state index in [9.17, 15) is 9.50 Å². The molecule has 31 heavy (non-hydrogen) atoms. The van der Waals surface area contributed by atoms with E-state index in [2.05, 4.69) is 15.2 Å². The molecule has 1 unspecified atom stereocenters. The lowest BCUT2D eigenvalue weighted by Crippen LogP contribution is -2.51. The van der Waals surface area contributed by atoms with Crippen LogP contribution in [0.2, 0.25) is 0 Å². The van der Waals surface area contributed by atoms with Crippen molar-refractivity contribution in [2.75, 3.05) is 30.3 Å². The first-order valence-corrected chi connectivity index (χ1v) is 10.7. The van der Waals surface area contributed by atoms with Crippen LogP contribution in [-0.4, -0.2) is 61.1 Å². The fourth-order valence-electron chi connectivity index (χ4n) is 4.21. The number of hydrogen-bond donors (Lipinski definition) is 2. The number of rotatable bonds is 5. The van der Waals surface area contributed by atoms with Gasteiger partial charge in [-0.3, -0.25) is 9.67 Å². The topological polar surface area (TPSA) is 107 Å². The Bertz CT molecular complexity index is 1090. The van der Waals surface area contributed by atoms with Crippen LogP contribution in [0.1, 0.15) is 39.3 Å². The molecule has 3 aromatic heterocycles. The SMILES string of the molecule is CC(C)(F)Cn1nc(N2CC(O)C2)c2cnc(-c3nn(C4CCCCO4)cc3N)cc21. The maximum atomic E-state index is 14.5. The Labute approximate surface area is 179 Å². The molecule has 2 saturated heterocycles. The van der Waals surface area contributed by atoms with E-state index in [4.69, 9.17) is 10.5 Å². The van der Waals surface area contributed by atoms with E-state index in [1.54, 1.807) is 21.8 Å². The highest BCUT2D eigenvalue weighted by Gasteiger charge is 2.30. The molecule has 3 aromatic rings. The molecule has 0 bridgehead atoms. The van der Waals surface area contributed by atoms with Crippen LogP contribution in [-0.2, 0) is 11.3 Å². The summed E-state index contributed by atoms with van der Waals surface area (Å²) in [6.45, 7) is 4.88. The van der Waals surface area contributed by atoms with Crippen molar-refractivity contribution in [3.8, 4) is 11.4 Å². The average Bonchev–Trinajstić information content (AvgIpc) is 3.25. The summed E-state index contributed by atoms with van der Waals surface area (Å²) in [4.78, 5) is 6.57. The molecule has 0 spiro atoms. The summed E-state index contributed by atoms with van der Waals surface area (Å²) in [6.07, 6.45) is 6.09. The predicted octanol–water partition coefficient (Wildman–Crippen LogP) is 2.51. The zero-order valence-electron chi connectivity index (χ0n) is 17.8. The van der Waals surface area contributed by atoms with Crippen molar-refractivity contribution < 1.29 is 14.2 Å². The van der Waals surface area contributed by atoms with Crippen LogP contribution >= 0.6 is 0 Å². The Morgan fingerprint density at radius 3 is 2.77 bits per heavy atom. The number of nitrogens with zero attached hydrogens (tertiary/aromatic N) is 6. The van der Waals surface area contributed by atoms with Crippen molar-refractivity contribution in [1.82, 2.24) is 24.5 Å². The number of ether oxygens (including phenoxy) is 1. The minimum Gasteiger partial charge on any atom is -0.396 e. The number of aliphatic hydroxyl groups excluding tert-OH is 1. The number of halogens is 1. The maximum absolute atomic E-state index is 14.5. The van der Waals surface area contributed by atoms with Crippen molar-refractivity contribution in [1.29, 1.82) is 0 Å². The first kappa shape index (κ1) is 20.2. The third-order valence-electron chi connectivity index (χ3n) is 5.76. The van der Waals surface area contributed by atoms with Gasteiger partial charge < -0.3 is 20.5 Å². The van der Waals surface area contributed by atoms with Crippen LogP contribution in [0.3, 0.4) is 0 Å². The van der Waals surface area contributed by atoms with Crippen LogP contribution in [0.5, 0.6) is 0 Å². The van der Waals surface area contributed by atoms with Gasteiger partial charge in [-0.2, -0.15) is 10.2 Å². The molecule has 0 radical (unpaired) electrons. The third kappa shape index (κ3) is 3.85. The molecular weight excluding hydrogens is 401 g/mol. The lowest BCUT2D eigenvalue weighted by Gasteiger charge is -2.36. The van der Waals surface area contributed by atoms with Gasteiger partial charge in [-0.05, 0) is 39.2 Å². The van der Waals surface area contributed by atoms with Crippen molar-refractivity contribution >= 4 is 22.4 Å². The van der Waals surface area contributed by atoms with Crippen molar-refractivity contribution in [2.45, 2.75) is 57.7 Å². The van der Waals surface area contributed by atoms with Crippen molar-refractivity contribution in [3.05, 3.63) is 18.5 Å². The second-order valence-electron chi connectivity index (χ2n) is 9.08. The van der Waals surface area contributed by atoms with E-state index < -0.39 is 5.67 Å². The van der Waals surface area contributed by atoms with Gasteiger partial charge in [0.25, 0.3) is 0 Å². The normalized spacial score (nSPS) is 20.4. The summed E-state index contributed by atoms with van der Waals surface area (Å²) in [7, 11) is 0. The van der Waals surface area contributed by atoms with Gasteiger partial charge >= 0.3 is 0 Å². The molecule has 0 amide bonds. The molecule has 0 saturated carbocycles. The number of aromatic nitrogens is 5. The number of alkyl halides is 1. The fourth-order valence-corrected chi connectivity index (χ4v) is 4.21. The number of anilines is 2. The molecule has 0 aliphatic carbocycles. The Kier molecular flexibility index (Phi) is 4.86. The van der Waals surface area contributed by atoms with Crippen LogP contribution in [0.4, 0.5) is 15.9 Å². The predicted molar refractivity (Wildman–Crippen MR) is 115 cm³/mol. The summed E-state index contributed by atoms with van der Waals surface area (Å²) < 4.78 is 23.7. The van der Waals surface area contributed by atoms with E-state index in [1.807, 2.05) is 11.0 Å². The summed E-state index contributed by atoms with van der Waals surface area (Å²) in [6, 6.07) is 1.86. The molecule has 10 heteroatoms. The molecule has 5 heterocycles. The molecule has 2 aliphatic rings. The highest BCUT2D eigenvalue weighted by atomic mass is 19.1. The number of fused-ring (bicyclic) bond motifs is 1. The van der Waals surface area contributed by atoms with Gasteiger partial charge in [-0.25, -0.2) is 9.07 Å². The lowest BCUT2D eigenvalue weighted by atomic mass is 10.1. The van der Waals surface area contributed by atoms with Crippen molar-refractivity contribution in [2.24, 2.45) is 0 Å². The number of aliphatic hydroxyl groups is 1. The van der Waals surface area contributed by atoms with Gasteiger partial charge in [0.15, 0.2) is 5.82 Å². The Hall–Kier alpha value is -2.72. The minimum atomic E-state index is -1.44. The summed E-state index contributed by atoms with van der Waals surface area (Å²) in [5, 5.41) is 19.8. The van der Waals surface area contributed by atoms with Crippen molar-refractivity contribution in [3.63, 3.8) is 0 Å². The second-order valence-corrected chi connectivity index (χ2v) is 9.08. The molecule has 2 aliphatic heterocycles. The maximum Gasteiger partial charge on any atom is 0.160 e. The van der Waals surface area contributed by atoms with Gasteiger partial charge in [0.1, 0.15) is 17.6 Å². The molecule has 0 aromatic carbocycles.